The first kappa shape index (κ1) is 14.2. The number of anilines is 1. The second-order valence-electron chi connectivity index (χ2n) is 5.31. The summed E-state index contributed by atoms with van der Waals surface area (Å²) in [6.45, 7) is 2.57. The van der Waals surface area contributed by atoms with Crippen molar-refractivity contribution in [1.82, 2.24) is 9.88 Å². The molecule has 1 atom stereocenters. The number of thioether (sulfide) groups is 1. The lowest BCUT2D eigenvalue weighted by Crippen LogP contribution is -2.48. The Morgan fingerprint density at radius 3 is 2.81 bits per heavy atom. The minimum Gasteiger partial charge on any atom is -0.345 e. The van der Waals surface area contributed by atoms with E-state index in [1.807, 2.05) is 22.7 Å². The Hall–Kier alpha value is -1.74. The fourth-order valence-electron chi connectivity index (χ4n) is 2.91. The molecular weight excluding hydrogens is 284 g/mol. The van der Waals surface area contributed by atoms with E-state index < -0.39 is 0 Å². The van der Waals surface area contributed by atoms with Gasteiger partial charge in [0.2, 0.25) is 5.91 Å². The van der Waals surface area contributed by atoms with E-state index >= 15 is 0 Å². The molecule has 2 fully saturated rings. The summed E-state index contributed by atoms with van der Waals surface area (Å²) in [4.78, 5) is 21.1. The van der Waals surface area contributed by atoms with Crippen LogP contribution >= 0.6 is 11.8 Å². The summed E-state index contributed by atoms with van der Waals surface area (Å²) in [7, 11) is 0. The van der Waals surface area contributed by atoms with Gasteiger partial charge < -0.3 is 9.80 Å². The topological polar surface area (TPSA) is 60.2 Å². The number of carbonyl (C=O) groups is 1. The third-order valence-electron chi connectivity index (χ3n) is 4.03. The van der Waals surface area contributed by atoms with Gasteiger partial charge in [-0.1, -0.05) is 0 Å². The van der Waals surface area contributed by atoms with E-state index in [1.54, 1.807) is 12.3 Å². The number of nitrogens with zero attached hydrogens (tertiary/aromatic N) is 4. The fraction of sp³-hybridized carbons (Fsp3) is 0.533. The maximum Gasteiger partial charge on any atom is 0.245 e. The van der Waals surface area contributed by atoms with Crippen LogP contribution < -0.4 is 4.90 Å². The van der Waals surface area contributed by atoms with Crippen LogP contribution in [0.2, 0.25) is 0 Å². The normalized spacial score (nSPS) is 22.1. The van der Waals surface area contributed by atoms with Crippen molar-refractivity contribution in [2.75, 3.05) is 36.0 Å². The maximum absolute atomic E-state index is 12.7. The zero-order valence-corrected chi connectivity index (χ0v) is 12.7. The molecule has 0 saturated carbocycles. The van der Waals surface area contributed by atoms with Crippen LogP contribution in [0.25, 0.3) is 0 Å². The van der Waals surface area contributed by atoms with Crippen molar-refractivity contribution in [3.8, 4) is 6.07 Å². The zero-order valence-electron chi connectivity index (χ0n) is 11.9. The third-order valence-corrected chi connectivity index (χ3v) is 4.97. The van der Waals surface area contributed by atoms with Gasteiger partial charge in [0.1, 0.15) is 17.9 Å². The molecule has 2 saturated heterocycles. The number of nitriles is 1. The fourth-order valence-corrected chi connectivity index (χ4v) is 3.82. The number of hydrogen-bond acceptors (Lipinski definition) is 5. The highest BCUT2D eigenvalue weighted by molar-refractivity contribution is 7.99. The molecule has 21 heavy (non-hydrogen) atoms. The smallest absolute Gasteiger partial charge is 0.245 e. The second-order valence-corrected chi connectivity index (χ2v) is 6.53. The summed E-state index contributed by atoms with van der Waals surface area (Å²) in [5, 5.41) is 8.84. The van der Waals surface area contributed by atoms with Crippen molar-refractivity contribution in [3.05, 3.63) is 23.9 Å². The summed E-state index contributed by atoms with van der Waals surface area (Å²) >= 11 is 1.91. The van der Waals surface area contributed by atoms with Crippen molar-refractivity contribution >= 4 is 23.5 Å². The number of aromatic nitrogens is 1. The molecule has 1 amide bonds. The Morgan fingerprint density at radius 1 is 1.33 bits per heavy atom. The van der Waals surface area contributed by atoms with Crippen LogP contribution in [0.4, 0.5) is 5.82 Å². The molecular formula is C15H18N4OS. The summed E-state index contributed by atoms with van der Waals surface area (Å²) < 4.78 is 0. The third kappa shape index (κ3) is 2.98. The van der Waals surface area contributed by atoms with Gasteiger partial charge in [-0.15, -0.1) is 0 Å². The maximum atomic E-state index is 12.7. The van der Waals surface area contributed by atoms with Crippen LogP contribution in [0.15, 0.2) is 18.3 Å². The van der Waals surface area contributed by atoms with E-state index in [4.69, 9.17) is 5.26 Å². The molecule has 3 heterocycles. The average molecular weight is 302 g/mol. The van der Waals surface area contributed by atoms with Crippen molar-refractivity contribution in [2.24, 2.45) is 0 Å². The van der Waals surface area contributed by atoms with E-state index in [9.17, 15) is 4.79 Å². The highest BCUT2D eigenvalue weighted by Crippen LogP contribution is 2.26. The van der Waals surface area contributed by atoms with Crippen molar-refractivity contribution in [3.63, 3.8) is 0 Å². The summed E-state index contributed by atoms with van der Waals surface area (Å²) in [6, 6.07) is 5.59. The van der Waals surface area contributed by atoms with E-state index in [-0.39, 0.29) is 11.9 Å². The van der Waals surface area contributed by atoms with E-state index in [2.05, 4.69) is 16.0 Å². The van der Waals surface area contributed by atoms with Crippen LogP contribution in [0, 0.1) is 11.3 Å². The lowest BCUT2D eigenvalue weighted by Gasteiger charge is -2.32. The summed E-state index contributed by atoms with van der Waals surface area (Å²) in [5.74, 6) is 3.11. The van der Waals surface area contributed by atoms with Crippen molar-refractivity contribution in [2.45, 2.75) is 18.9 Å². The first-order valence-corrected chi connectivity index (χ1v) is 8.44. The number of rotatable bonds is 2. The highest BCUT2D eigenvalue weighted by Gasteiger charge is 2.34. The van der Waals surface area contributed by atoms with Gasteiger partial charge >= 0.3 is 0 Å². The van der Waals surface area contributed by atoms with E-state index in [0.29, 0.717) is 5.56 Å². The molecule has 2 aliphatic rings. The zero-order chi connectivity index (χ0) is 14.7. The molecule has 6 heteroatoms. The van der Waals surface area contributed by atoms with Gasteiger partial charge in [-0.3, -0.25) is 4.79 Å². The monoisotopic (exact) mass is 302 g/mol. The van der Waals surface area contributed by atoms with Gasteiger partial charge in [-0.2, -0.15) is 17.0 Å². The van der Waals surface area contributed by atoms with E-state index in [0.717, 1.165) is 49.8 Å². The van der Waals surface area contributed by atoms with Gasteiger partial charge in [0.15, 0.2) is 0 Å². The standard InChI is InChI=1S/C15H18N4OS/c16-10-12-3-4-14(17-11-12)19-5-1-2-13(19)15(20)18-6-8-21-9-7-18/h3-4,11,13H,1-2,5-9H2/t13-/m1/s1. The second kappa shape index (κ2) is 6.35. The number of carbonyl (C=O) groups excluding carboxylic acids is 1. The Bertz CT molecular complexity index is 548. The van der Waals surface area contributed by atoms with Crippen LogP contribution in [-0.2, 0) is 4.79 Å². The molecule has 1 aromatic rings. The first-order chi connectivity index (χ1) is 10.3. The SMILES string of the molecule is N#Cc1ccc(N2CCC[C@@H]2C(=O)N2CCSCC2)nc1. The van der Waals surface area contributed by atoms with Gasteiger partial charge in [0, 0.05) is 37.3 Å². The van der Waals surface area contributed by atoms with Gasteiger partial charge in [-0.25, -0.2) is 4.98 Å². The Morgan fingerprint density at radius 2 is 2.14 bits per heavy atom. The van der Waals surface area contributed by atoms with E-state index in [1.165, 1.54) is 0 Å². The van der Waals surface area contributed by atoms with Gasteiger partial charge in [-0.05, 0) is 25.0 Å². The molecule has 2 aliphatic heterocycles. The molecule has 0 aliphatic carbocycles. The number of pyridine rings is 1. The lowest BCUT2D eigenvalue weighted by molar-refractivity contribution is -0.132. The van der Waals surface area contributed by atoms with Crippen molar-refractivity contribution < 1.29 is 4.79 Å². The summed E-state index contributed by atoms with van der Waals surface area (Å²) in [5.41, 5.74) is 0.550. The van der Waals surface area contributed by atoms with Gasteiger partial charge in [0.25, 0.3) is 0 Å². The predicted octanol–water partition coefficient (Wildman–Crippen LogP) is 1.50. The lowest BCUT2D eigenvalue weighted by atomic mass is 10.2. The Kier molecular flexibility index (Phi) is 4.30. The Labute approximate surface area is 128 Å². The molecule has 3 rings (SSSR count). The largest absolute Gasteiger partial charge is 0.345 e. The summed E-state index contributed by atoms with van der Waals surface area (Å²) in [6.07, 6.45) is 3.48. The molecule has 110 valence electrons. The minimum atomic E-state index is -0.0893. The molecule has 0 aromatic carbocycles. The first-order valence-electron chi connectivity index (χ1n) is 7.29. The molecule has 1 aromatic heterocycles. The molecule has 0 N–H and O–H groups in total. The minimum absolute atomic E-state index is 0.0893. The number of amides is 1. The van der Waals surface area contributed by atoms with Gasteiger partial charge in [0.05, 0.1) is 5.56 Å². The van der Waals surface area contributed by atoms with Crippen LogP contribution in [0.1, 0.15) is 18.4 Å². The molecule has 0 unspecified atom stereocenters. The highest BCUT2D eigenvalue weighted by atomic mass is 32.2. The quantitative estimate of drug-likeness (QED) is 0.828. The van der Waals surface area contributed by atoms with Crippen LogP contribution in [0.3, 0.4) is 0 Å². The van der Waals surface area contributed by atoms with Crippen LogP contribution in [-0.4, -0.2) is 53.0 Å². The Balaban J connectivity index is 1.75. The average Bonchev–Trinajstić information content (AvgIpc) is 3.04. The molecule has 0 bridgehead atoms. The number of hydrogen-bond donors (Lipinski definition) is 0. The predicted molar refractivity (Wildman–Crippen MR) is 83.2 cm³/mol. The van der Waals surface area contributed by atoms with Crippen molar-refractivity contribution in [1.29, 1.82) is 5.26 Å². The molecule has 5 nitrogen and oxygen atoms in total. The molecule has 0 spiro atoms. The van der Waals surface area contributed by atoms with Crippen LogP contribution in [0.5, 0.6) is 0 Å². The molecule has 0 radical (unpaired) electrons.